The Labute approximate surface area is 136 Å². The molecule has 0 spiro atoms. The lowest BCUT2D eigenvalue weighted by Gasteiger charge is -2.25. The van der Waals surface area contributed by atoms with Gasteiger partial charge in [0.05, 0.1) is 31.7 Å². The predicted molar refractivity (Wildman–Crippen MR) is 86.0 cm³/mol. The summed E-state index contributed by atoms with van der Waals surface area (Å²) in [6.07, 6.45) is 1.15. The van der Waals surface area contributed by atoms with Crippen molar-refractivity contribution in [2.24, 2.45) is 0 Å². The molecule has 0 radical (unpaired) electrons. The second-order valence-electron chi connectivity index (χ2n) is 6.10. The van der Waals surface area contributed by atoms with E-state index in [1.54, 1.807) is 16.8 Å². The van der Waals surface area contributed by atoms with Gasteiger partial charge in [-0.1, -0.05) is 30.3 Å². The Morgan fingerprint density at radius 3 is 2.87 bits per heavy atom. The highest BCUT2D eigenvalue weighted by Crippen LogP contribution is 2.22. The van der Waals surface area contributed by atoms with E-state index >= 15 is 0 Å². The fourth-order valence-electron chi connectivity index (χ4n) is 3.19. The molecule has 2 atom stereocenters. The molecule has 2 aliphatic rings. The Kier molecular flexibility index (Phi) is 4.81. The van der Waals surface area contributed by atoms with E-state index in [2.05, 4.69) is 17.4 Å². The van der Waals surface area contributed by atoms with Crippen molar-refractivity contribution in [1.82, 2.24) is 15.1 Å². The summed E-state index contributed by atoms with van der Waals surface area (Å²) < 4.78 is 5.74. The van der Waals surface area contributed by atoms with Crippen LogP contribution in [0.2, 0.25) is 0 Å². The number of urea groups is 1. The Bertz CT molecular complexity index is 563. The number of carbonyl (C=O) groups is 2. The number of carbonyl (C=O) groups excluding carboxylic acids is 2. The van der Waals surface area contributed by atoms with Crippen molar-refractivity contribution in [1.29, 1.82) is 0 Å². The van der Waals surface area contributed by atoms with Gasteiger partial charge >= 0.3 is 6.03 Å². The summed E-state index contributed by atoms with van der Waals surface area (Å²) in [6.45, 7) is 2.11. The fraction of sp³-hybridized carbons (Fsp3) is 0.529. The molecule has 3 rings (SSSR count). The lowest BCUT2D eigenvalue weighted by Crippen LogP contribution is -2.44. The van der Waals surface area contributed by atoms with Crippen LogP contribution in [0.5, 0.6) is 0 Å². The van der Waals surface area contributed by atoms with Gasteiger partial charge in [-0.3, -0.25) is 4.79 Å². The number of nitrogens with one attached hydrogen (secondary N) is 1. The molecule has 0 aromatic heterocycles. The van der Waals surface area contributed by atoms with Crippen LogP contribution in [0.15, 0.2) is 30.3 Å². The van der Waals surface area contributed by atoms with Crippen LogP contribution in [0.25, 0.3) is 0 Å². The van der Waals surface area contributed by atoms with E-state index in [1.807, 2.05) is 18.2 Å². The number of likely N-dealkylation sites (tertiary alicyclic amines) is 1. The molecule has 1 aromatic rings. The van der Waals surface area contributed by atoms with Gasteiger partial charge in [0.15, 0.2) is 0 Å². The SMILES string of the molecule is CN1C(=O)CCO[C@H]2CN(C(=O)NCCc3ccccc3)C[C@@H]21. The van der Waals surface area contributed by atoms with Crippen molar-refractivity contribution < 1.29 is 14.3 Å². The van der Waals surface area contributed by atoms with Crippen LogP contribution in [0.3, 0.4) is 0 Å². The zero-order chi connectivity index (χ0) is 16.2. The second kappa shape index (κ2) is 7.00. The van der Waals surface area contributed by atoms with E-state index in [-0.39, 0.29) is 24.1 Å². The Morgan fingerprint density at radius 2 is 2.09 bits per heavy atom. The monoisotopic (exact) mass is 317 g/mol. The van der Waals surface area contributed by atoms with E-state index in [4.69, 9.17) is 4.74 Å². The zero-order valence-corrected chi connectivity index (χ0v) is 13.4. The maximum atomic E-state index is 12.3. The van der Waals surface area contributed by atoms with Gasteiger partial charge < -0.3 is 19.9 Å². The topological polar surface area (TPSA) is 61.9 Å². The van der Waals surface area contributed by atoms with Crippen LogP contribution in [0.4, 0.5) is 4.79 Å². The van der Waals surface area contributed by atoms with E-state index in [1.165, 1.54) is 5.56 Å². The van der Waals surface area contributed by atoms with Gasteiger partial charge in [0.2, 0.25) is 5.91 Å². The molecule has 0 unspecified atom stereocenters. The molecule has 2 heterocycles. The second-order valence-corrected chi connectivity index (χ2v) is 6.10. The van der Waals surface area contributed by atoms with Gasteiger partial charge in [0.1, 0.15) is 0 Å². The molecule has 124 valence electrons. The highest BCUT2D eigenvalue weighted by Gasteiger charge is 2.41. The molecule has 0 bridgehead atoms. The third-order valence-electron chi connectivity index (χ3n) is 4.60. The molecule has 0 saturated carbocycles. The summed E-state index contributed by atoms with van der Waals surface area (Å²) in [5, 5.41) is 2.95. The first-order valence-electron chi connectivity index (χ1n) is 8.09. The third-order valence-corrected chi connectivity index (χ3v) is 4.60. The number of nitrogens with zero attached hydrogens (tertiary/aromatic N) is 2. The summed E-state index contributed by atoms with van der Waals surface area (Å²) in [6, 6.07) is 9.95. The molecule has 1 N–H and O–H groups in total. The highest BCUT2D eigenvalue weighted by atomic mass is 16.5. The number of hydrogen-bond donors (Lipinski definition) is 1. The minimum atomic E-state index is -0.0848. The Morgan fingerprint density at radius 1 is 1.30 bits per heavy atom. The highest BCUT2D eigenvalue weighted by molar-refractivity contribution is 5.78. The van der Waals surface area contributed by atoms with Gasteiger partial charge in [-0.2, -0.15) is 0 Å². The minimum Gasteiger partial charge on any atom is -0.374 e. The molecule has 2 fully saturated rings. The van der Waals surface area contributed by atoms with Crippen LogP contribution in [0.1, 0.15) is 12.0 Å². The zero-order valence-electron chi connectivity index (χ0n) is 13.4. The molecule has 23 heavy (non-hydrogen) atoms. The fourth-order valence-corrected chi connectivity index (χ4v) is 3.19. The van der Waals surface area contributed by atoms with Crippen molar-refractivity contribution in [3.8, 4) is 0 Å². The molecule has 3 amide bonds. The van der Waals surface area contributed by atoms with E-state index in [0.717, 1.165) is 6.42 Å². The summed E-state index contributed by atoms with van der Waals surface area (Å²) in [5.41, 5.74) is 1.20. The molecular weight excluding hydrogens is 294 g/mol. The van der Waals surface area contributed by atoms with Crippen molar-refractivity contribution in [2.45, 2.75) is 25.0 Å². The van der Waals surface area contributed by atoms with Gasteiger partial charge in [-0.25, -0.2) is 4.79 Å². The standard InChI is InChI=1S/C17H23N3O3/c1-19-14-11-20(12-15(14)23-10-8-16(19)21)17(22)18-9-7-13-5-3-2-4-6-13/h2-6,14-15H,7-12H2,1H3,(H,18,22)/t14-,15-/m0/s1. The smallest absolute Gasteiger partial charge is 0.317 e. The number of ether oxygens (including phenoxy) is 1. The van der Waals surface area contributed by atoms with E-state index in [0.29, 0.717) is 32.7 Å². The van der Waals surface area contributed by atoms with Crippen LogP contribution in [-0.2, 0) is 16.0 Å². The molecule has 6 nitrogen and oxygen atoms in total. The number of rotatable bonds is 3. The molecule has 1 aromatic carbocycles. The lowest BCUT2D eigenvalue weighted by atomic mass is 10.1. The van der Waals surface area contributed by atoms with Gasteiger partial charge in [-0.15, -0.1) is 0 Å². The molecular formula is C17H23N3O3. The first-order valence-corrected chi connectivity index (χ1v) is 8.09. The number of hydrogen-bond acceptors (Lipinski definition) is 3. The molecule has 0 aliphatic carbocycles. The summed E-state index contributed by atoms with van der Waals surface area (Å²) in [4.78, 5) is 27.7. The molecule has 6 heteroatoms. The van der Waals surface area contributed by atoms with Gasteiger partial charge in [0.25, 0.3) is 0 Å². The predicted octanol–water partition coefficient (Wildman–Crippen LogP) is 0.870. The number of fused-ring (bicyclic) bond motifs is 1. The van der Waals surface area contributed by atoms with Crippen LogP contribution in [-0.4, -0.2) is 67.2 Å². The average Bonchev–Trinajstić information content (AvgIpc) is 2.94. The van der Waals surface area contributed by atoms with E-state index in [9.17, 15) is 9.59 Å². The number of likely N-dealkylation sites (N-methyl/N-ethyl adjacent to an activating group) is 1. The Balaban J connectivity index is 1.50. The summed E-state index contributed by atoms with van der Waals surface area (Å²) >= 11 is 0. The third kappa shape index (κ3) is 3.64. The molecule has 2 saturated heterocycles. The normalized spacial score (nSPS) is 24.3. The van der Waals surface area contributed by atoms with Crippen LogP contribution >= 0.6 is 0 Å². The average molecular weight is 317 g/mol. The van der Waals surface area contributed by atoms with Crippen LogP contribution in [0, 0.1) is 0 Å². The maximum Gasteiger partial charge on any atom is 0.317 e. The lowest BCUT2D eigenvalue weighted by molar-refractivity contribution is -0.130. The maximum absolute atomic E-state index is 12.3. The number of benzene rings is 1. The summed E-state index contributed by atoms with van der Waals surface area (Å²) in [5.74, 6) is 0.0869. The van der Waals surface area contributed by atoms with Gasteiger partial charge in [-0.05, 0) is 12.0 Å². The largest absolute Gasteiger partial charge is 0.374 e. The van der Waals surface area contributed by atoms with Crippen molar-refractivity contribution >= 4 is 11.9 Å². The first kappa shape index (κ1) is 15.8. The number of amides is 3. The van der Waals surface area contributed by atoms with Crippen LogP contribution < -0.4 is 5.32 Å². The van der Waals surface area contributed by atoms with E-state index < -0.39 is 0 Å². The summed E-state index contributed by atoms with van der Waals surface area (Å²) in [7, 11) is 1.80. The molecule has 2 aliphatic heterocycles. The first-order chi connectivity index (χ1) is 11.1. The Hall–Kier alpha value is -2.08. The van der Waals surface area contributed by atoms with Crippen molar-refractivity contribution in [3.05, 3.63) is 35.9 Å². The quantitative estimate of drug-likeness (QED) is 0.900. The van der Waals surface area contributed by atoms with Crippen molar-refractivity contribution in [3.63, 3.8) is 0 Å². The van der Waals surface area contributed by atoms with Crippen molar-refractivity contribution in [2.75, 3.05) is 33.3 Å². The minimum absolute atomic E-state index is 0.0372. The van der Waals surface area contributed by atoms with Gasteiger partial charge in [0, 0.05) is 20.1 Å².